The molecule has 0 fully saturated rings. The maximum Gasteiger partial charge on any atom is 0.334 e. The number of benzene rings is 2. The quantitative estimate of drug-likeness (QED) is 0.687. The van der Waals surface area contributed by atoms with E-state index in [1.165, 1.54) is 0 Å². The number of aliphatic carboxylic acids is 1. The van der Waals surface area contributed by atoms with E-state index in [4.69, 9.17) is 4.74 Å². The van der Waals surface area contributed by atoms with Crippen LogP contribution in [0.5, 0.6) is 0 Å². The average Bonchev–Trinajstić information content (AvgIpc) is 2.64. The van der Waals surface area contributed by atoms with E-state index in [1.54, 1.807) is 31.2 Å². The SMILES string of the molecule is CCC(NC(=O)CCOCc1ccccc1)(C(=O)O)c1ccccc1. The first-order valence-corrected chi connectivity index (χ1v) is 8.30. The summed E-state index contributed by atoms with van der Waals surface area (Å²) in [7, 11) is 0. The molecule has 2 aromatic rings. The summed E-state index contributed by atoms with van der Waals surface area (Å²) in [6.07, 6.45) is 0.359. The van der Waals surface area contributed by atoms with Gasteiger partial charge in [0.1, 0.15) is 0 Å². The summed E-state index contributed by atoms with van der Waals surface area (Å²) in [6, 6.07) is 18.4. The number of hydrogen-bond acceptors (Lipinski definition) is 3. The molecule has 0 aliphatic heterocycles. The molecule has 2 N–H and O–H groups in total. The van der Waals surface area contributed by atoms with E-state index in [2.05, 4.69) is 5.32 Å². The van der Waals surface area contributed by atoms with Crippen LogP contribution in [0.2, 0.25) is 0 Å². The molecule has 0 aliphatic rings. The Bertz CT molecular complexity index is 687. The minimum atomic E-state index is -1.42. The third-order valence-corrected chi connectivity index (χ3v) is 4.10. The molecule has 25 heavy (non-hydrogen) atoms. The Kier molecular flexibility index (Phi) is 6.71. The molecular weight excluding hydrogens is 318 g/mol. The summed E-state index contributed by atoms with van der Waals surface area (Å²) < 4.78 is 5.50. The Hall–Kier alpha value is -2.66. The van der Waals surface area contributed by atoms with Crippen LogP contribution >= 0.6 is 0 Å². The first-order chi connectivity index (χ1) is 12.1. The molecule has 1 atom stereocenters. The van der Waals surface area contributed by atoms with E-state index < -0.39 is 11.5 Å². The lowest BCUT2D eigenvalue weighted by atomic mass is 9.87. The van der Waals surface area contributed by atoms with Gasteiger partial charge in [0.2, 0.25) is 5.91 Å². The molecule has 2 rings (SSSR count). The van der Waals surface area contributed by atoms with Crippen molar-refractivity contribution in [3.63, 3.8) is 0 Å². The van der Waals surface area contributed by atoms with Crippen molar-refractivity contribution >= 4 is 11.9 Å². The van der Waals surface area contributed by atoms with Crippen molar-refractivity contribution in [1.82, 2.24) is 5.32 Å². The predicted octanol–water partition coefficient (Wildman–Crippen LogP) is 3.10. The molecule has 0 aliphatic carbocycles. The highest BCUT2D eigenvalue weighted by molar-refractivity contribution is 5.88. The van der Waals surface area contributed by atoms with Crippen LogP contribution in [0.15, 0.2) is 60.7 Å². The fourth-order valence-electron chi connectivity index (χ4n) is 2.65. The van der Waals surface area contributed by atoms with Gasteiger partial charge in [-0.15, -0.1) is 0 Å². The van der Waals surface area contributed by atoms with Crippen LogP contribution in [-0.4, -0.2) is 23.6 Å². The van der Waals surface area contributed by atoms with E-state index in [1.807, 2.05) is 36.4 Å². The zero-order valence-electron chi connectivity index (χ0n) is 14.3. The third kappa shape index (κ3) is 4.90. The third-order valence-electron chi connectivity index (χ3n) is 4.10. The van der Waals surface area contributed by atoms with Gasteiger partial charge in [-0.3, -0.25) is 4.79 Å². The number of carbonyl (C=O) groups excluding carboxylic acids is 1. The molecule has 0 radical (unpaired) electrons. The van der Waals surface area contributed by atoms with Crippen molar-refractivity contribution in [2.75, 3.05) is 6.61 Å². The zero-order valence-corrected chi connectivity index (χ0v) is 14.3. The molecule has 0 aromatic heterocycles. The number of carbonyl (C=O) groups is 2. The number of nitrogens with one attached hydrogen (secondary N) is 1. The monoisotopic (exact) mass is 341 g/mol. The van der Waals surface area contributed by atoms with Crippen molar-refractivity contribution in [2.45, 2.75) is 31.9 Å². The summed E-state index contributed by atoms with van der Waals surface area (Å²) in [5, 5.41) is 12.4. The first kappa shape index (κ1) is 18.7. The van der Waals surface area contributed by atoms with E-state index >= 15 is 0 Å². The first-order valence-electron chi connectivity index (χ1n) is 8.30. The number of ether oxygens (including phenoxy) is 1. The summed E-state index contributed by atoms with van der Waals surface area (Å²) in [5.74, 6) is -1.42. The lowest BCUT2D eigenvalue weighted by molar-refractivity contribution is -0.148. The normalized spacial score (nSPS) is 13.0. The van der Waals surface area contributed by atoms with Gasteiger partial charge < -0.3 is 15.2 Å². The Morgan fingerprint density at radius 1 is 1.04 bits per heavy atom. The second-order valence-corrected chi connectivity index (χ2v) is 5.77. The van der Waals surface area contributed by atoms with Crippen LogP contribution < -0.4 is 5.32 Å². The van der Waals surface area contributed by atoms with Gasteiger partial charge in [0.05, 0.1) is 19.6 Å². The van der Waals surface area contributed by atoms with E-state index in [-0.39, 0.29) is 25.4 Å². The second-order valence-electron chi connectivity index (χ2n) is 5.77. The Balaban J connectivity index is 1.92. The maximum absolute atomic E-state index is 12.3. The molecule has 2 aromatic carbocycles. The van der Waals surface area contributed by atoms with E-state index in [0.717, 1.165) is 5.56 Å². The van der Waals surface area contributed by atoms with E-state index in [0.29, 0.717) is 12.2 Å². The Morgan fingerprint density at radius 2 is 1.64 bits per heavy atom. The molecule has 5 nitrogen and oxygen atoms in total. The molecular formula is C20H23NO4. The highest BCUT2D eigenvalue weighted by Gasteiger charge is 2.39. The van der Waals surface area contributed by atoms with Crippen LogP contribution in [0.25, 0.3) is 0 Å². The number of carboxylic acids is 1. The van der Waals surface area contributed by atoms with E-state index in [9.17, 15) is 14.7 Å². The van der Waals surface area contributed by atoms with Gasteiger partial charge in [0, 0.05) is 0 Å². The van der Waals surface area contributed by atoms with Crippen molar-refractivity contribution in [2.24, 2.45) is 0 Å². The summed E-state index contributed by atoms with van der Waals surface area (Å²) in [6.45, 7) is 2.40. The molecule has 1 amide bonds. The summed E-state index contributed by atoms with van der Waals surface area (Å²) in [5.41, 5.74) is 0.168. The van der Waals surface area contributed by atoms with Crippen LogP contribution in [0.4, 0.5) is 0 Å². The molecule has 1 unspecified atom stereocenters. The van der Waals surface area contributed by atoms with Gasteiger partial charge in [-0.1, -0.05) is 67.6 Å². The minimum absolute atomic E-state index is 0.106. The predicted molar refractivity (Wildman–Crippen MR) is 94.9 cm³/mol. The molecule has 0 bridgehead atoms. The summed E-state index contributed by atoms with van der Waals surface area (Å²) >= 11 is 0. The van der Waals surface area contributed by atoms with Crippen molar-refractivity contribution in [1.29, 1.82) is 0 Å². The highest BCUT2D eigenvalue weighted by atomic mass is 16.5. The van der Waals surface area contributed by atoms with Gasteiger partial charge in [-0.05, 0) is 17.5 Å². The fraction of sp³-hybridized carbons (Fsp3) is 0.300. The smallest absolute Gasteiger partial charge is 0.334 e. The summed E-state index contributed by atoms with van der Waals surface area (Å²) in [4.78, 5) is 24.1. The van der Waals surface area contributed by atoms with Crippen molar-refractivity contribution in [3.8, 4) is 0 Å². The standard InChI is InChI=1S/C20H23NO4/c1-2-20(19(23)24,17-11-7-4-8-12-17)21-18(22)13-14-25-15-16-9-5-3-6-10-16/h3-12H,2,13-15H2,1H3,(H,21,22)(H,23,24). The number of amides is 1. The van der Waals surface area contributed by atoms with Gasteiger partial charge in [0.15, 0.2) is 5.54 Å². The van der Waals surface area contributed by atoms with Crippen LogP contribution in [-0.2, 0) is 26.5 Å². The molecule has 0 spiro atoms. The van der Waals surface area contributed by atoms with Crippen LogP contribution in [0.3, 0.4) is 0 Å². The largest absolute Gasteiger partial charge is 0.479 e. The maximum atomic E-state index is 12.3. The minimum Gasteiger partial charge on any atom is -0.479 e. The number of carboxylic acid groups (broad SMARTS) is 1. The second kappa shape index (κ2) is 8.99. The fourth-order valence-corrected chi connectivity index (χ4v) is 2.65. The van der Waals surface area contributed by atoms with Crippen molar-refractivity contribution in [3.05, 3.63) is 71.8 Å². The lowest BCUT2D eigenvalue weighted by Crippen LogP contribution is -2.51. The number of rotatable bonds is 9. The molecule has 132 valence electrons. The molecule has 0 heterocycles. The lowest BCUT2D eigenvalue weighted by Gasteiger charge is -2.30. The Morgan fingerprint density at radius 3 is 2.20 bits per heavy atom. The van der Waals surface area contributed by atoms with Gasteiger partial charge in [-0.2, -0.15) is 0 Å². The van der Waals surface area contributed by atoms with Crippen LogP contribution in [0.1, 0.15) is 30.9 Å². The van der Waals surface area contributed by atoms with Gasteiger partial charge in [0.25, 0.3) is 0 Å². The molecule has 0 saturated carbocycles. The van der Waals surface area contributed by atoms with Gasteiger partial charge in [-0.25, -0.2) is 4.79 Å². The number of hydrogen-bond donors (Lipinski definition) is 2. The highest BCUT2D eigenvalue weighted by Crippen LogP contribution is 2.25. The van der Waals surface area contributed by atoms with Crippen LogP contribution in [0, 0.1) is 0 Å². The Labute approximate surface area is 147 Å². The van der Waals surface area contributed by atoms with Crippen molar-refractivity contribution < 1.29 is 19.4 Å². The molecule has 0 saturated heterocycles. The zero-order chi connectivity index (χ0) is 18.1. The topological polar surface area (TPSA) is 75.6 Å². The molecule has 5 heteroatoms. The average molecular weight is 341 g/mol. The van der Waals surface area contributed by atoms with Gasteiger partial charge >= 0.3 is 5.97 Å².